The molecule has 2 rings (SSSR count). The van der Waals surface area contributed by atoms with Crippen LogP contribution in [0, 0.1) is 0 Å². The molecule has 0 aromatic carbocycles. The minimum Gasteiger partial charge on any atom is -0.343 e. The van der Waals surface area contributed by atoms with Gasteiger partial charge in [0.15, 0.2) is 0 Å². The van der Waals surface area contributed by atoms with Gasteiger partial charge in [0.05, 0.1) is 12.2 Å². The average molecular weight is 281 g/mol. The molecule has 2 amide bonds. The third-order valence-corrected chi connectivity index (χ3v) is 3.87. The van der Waals surface area contributed by atoms with Crippen molar-refractivity contribution in [2.75, 3.05) is 6.54 Å². The van der Waals surface area contributed by atoms with Crippen molar-refractivity contribution in [3.8, 4) is 0 Å². The van der Waals surface area contributed by atoms with Crippen LogP contribution in [0.1, 0.15) is 38.4 Å². The summed E-state index contributed by atoms with van der Waals surface area (Å²) >= 11 is 1.54. The zero-order valence-corrected chi connectivity index (χ0v) is 12.5. The lowest BCUT2D eigenvalue weighted by atomic mass is 9.93. The molecule has 1 N–H and O–H groups in total. The number of piperazine rings is 1. The van der Waals surface area contributed by atoms with Crippen molar-refractivity contribution in [1.29, 1.82) is 0 Å². The van der Waals surface area contributed by atoms with Crippen LogP contribution in [0.3, 0.4) is 0 Å². The zero-order chi connectivity index (χ0) is 14.2. The molecule has 1 atom stereocenters. The predicted molar refractivity (Wildman–Crippen MR) is 73.8 cm³/mol. The molecule has 5 nitrogen and oxygen atoms in total. The summed E-state index contributed by atoms with van der Waals surface area (Å²) in [6, 6.07) is -0.441. The van der Waals surface area contributed by atoms with Crippen molar-refractivity contribution in [3.05, 3.63) is 16.1 Å². The number of thiazole rings is 1. The van der Waals surface area contributed by atoms with E-state index in [0.717, 1.165) is 10.7 Å². The van der Waals surface area contributed by atoms with Gasteiger partial charge in [0.1, 0.15) is 17.6 Å². The van der Waals surface area contributed by atoms with Crippen LogP contribution in [0.15, 0.2) is 5.38 Å². The highest BCUT2D eigenvalue weighted by Crippen LogP contribution is 2.24. The van der Waals surface area contributed by atoms with E-state index in [1.807, 2.05) is 5.38 Å². The second-order valence-corrected chi connectivity index (χ2v) is 6.80. The fourth-order valence-electron chi connectivity index (χ4n) is 1.90. The van der Waals surface area contributed by atoms with Crippen LogP contribution in [0.4, 0.5) is 0 Å². The van der Waals surface area contributed by atoms with Gasteiger partial charge in [-0.2, -0.15) is 0 Å². The first-order valence-electron chi connectivity index (χ1n) is 6.30. The second kappa shape index (κ2) is 4.92. The van der Waals surface area contributed by atoms with E-state index in [9.17, 15) is 9.59 Å². The maximum absolute atomic E-state index is 12.0. The van der Waals surface area contributed by atoms with E-state index in [2.05, 4.69) is 31.1 Å². The van der Waals surface area contributed by atoms with E-state index in [-0.39, 0.29) is 23.8 Å². The Bertz CT molecular complexity index is 504. The highest BCUT2D eigenvalue weighted by atomic mass is 32.1. The standard InChI is InChI=1S/C13H19N3O2S/c1-8-12(18)16(5-10(17)14-8)6-11-15-9(7-19-11)13(2,3)4/h7-8H,5-6H2,1-4H3,(H,14,17). The Labute approximate surface area is 117 Å². The summed E-state index contributed by atoms with van der Waals surface area (Å²) in [4.78, 5) is 29.5. The van der Waals surface area contributed by atoms with Gasteiger partial charge in [-0.25, -0.2) is 4.98 Å². The highest BCUT2D eigenvalue weighted by Gasteiger charge is 2.30. The Morgan fingerprint density at radius 1 is 1.47 bits per heavy atom. The van der Waals surface area contributed by atoms with E-state index in [1.165, 1.54) is 11.3 Å². The molecule has 1 unspecified atom stereocenters. The Morgan fingerprint density at radius 3 is 2.74 bits per heavy atom. The third kappa shape index (κ3) is 3.12. The molecule has 104 valence electrons. The summed E-state index contributed by atoms with van der Waals surface area (Å²) in [5.74, 6) is -0.160. The molecule has 1 saturated heterocycles. The van der Waals surface area contributed by atoms with Crippen molar-refractivity contribution < 1.29 is 9.59 Å². The number of rotatable bonds is 2. The van der Waals surface area contributed by atoms with Crippen molar-refractivity contribution in [2.45, 2.75) is 45.7 Å². The summed E-state index contributed by atoms with van der Waals surface area (Å²) < 4.78 is 0. The van der Waals surface area contributed by atoms with Gasteiger partial charge >= 0.3 is 0 Å². The zero-order valence-electron chi connectivity index (χ0n) is 11.7. The molecule has 19 heavy (non-hydrogen) atoms. The molecule has 0 saturated carbocycles. The van der Waals surface area contributed by atoms with Gasteiger partial charge in [-0.1, -0.05) is 20.8 Å². The normalized spacial score (nSPS) is 20.6. The van der Waals surface area contributed by atoms with Crippen LogP contribution in [-0.2, 0) is 21.5 Å². The molecule has 1 aromatic rings. The fraction of sp³-hybridized carbons (Fsp3) is 0.615. The fourth-order valence-corrected chi connectivity index (χ4v) is 2.93. The first kappa shape index (κ1) is 14.0. The molecule has 1 aromatic heterocycles. The van der Waals surface area contributed by atoms with Gasteiger partial charge in [-0.3, -0.25) is 9.59 Å². The lowest BCUT2D eigenvalue weighted by Gasteiger charge is -2.30. The van der Waals surface area contributed by atoms with Gasteiger partial charge < -0.3 is 10.2 Å². The van der Waals surface area contributed by atoms with Crippen LogP contribution >= 0.6 is 11.3 Å². The number of hydrogen-bond donors (Lipinski definition) is 1. The van der Waals surface area contributed by atoms with Crippen LogP contribution in [0.2, 0.25) is 0 Å². The molecule has 1 fully saturated rings. The number of aromatic nitrogens is 1. The van der Waals surface area contributed by atoms with Crippen LogP contribution in [0.5, 0.6) is 0 Å². The van der Waals surface area contributed by atoms with Gasteiger partial charge in [-0.15, -0.1) is 11.3 Å². The van der Waals surface area contributed by atoms with Crippen LogP contribution in [0.25, 0.3) is 0 Å². The Kier molecular flexibility index (Phi) is 3.62. The maximum atomic E-state index is 12.0. The minimum absolute atomic E-state index is 0.00528. The summed E-state index contributed by atoms with van der Waals surface area (Å²) in [7, 11) is 0. The first-order chi connectivity index (χ1) is 8.77. The number of nitrogens with one attached hydrogen (secondary N) is 1. The molecule has 6 heteroatoms. The average Bonchev–Trinajstić information content (AvgIpc) is 2.73. The summed E-state index contributed by atoms with van der Waals surface area (Å²) in [5, 5.41) is 5.52. The monoisotopic (exact) mass is 281 g/mol. The first-order valence-corrected chi connectivity index (χ1v) is 7.18. The number of hydrogen-bond acceptors (Lipinski definition) is 4. The topological polar surface area (TPSA) is 62.3 Å². The summed E-state index contributed by atoms with van der Waals surface area (Å²) in [5.41, 5.74) is 1.03. The van der Waals surface area contributed by atoms with Gasteiger partial charge in [0.25, 0.3) is 0 Å². The van der Waals surface area contributed by atoms with Gasteiger partial charge in [0.2, 0.25) is 11.8 Å². The Hall–Kier alpha value is -1.43. The lowest BCUT2D eigenvalue weighted by molar-refractivity contribution is -0.144. The molecule has 1 aliphatic rings. The molecular formula is C13H19N3O2S. The van der Waals surface area contributed by atoms with Crippen LogP contribution in [-0.4, -0.2) is 34.3 Å². The molecule has 1 aliphatic heterocycles. The van der Waals surface area contributed by atoms with Crippen molar-refractivity contribution in [3.63, 3.8) is 0 Å². The molecular weight excluding hydrogens is 262 g/mol. The molecule has 2 heterocycles. The number of carbonyl (C=O) groups is 2. The van der Waals surface area contributed by atoms with Crippen LogP contribution < -0.4 is 5.32 Å². The van der Waals surface area contributed by atoms with Gasteiger partial charge in [0, 0.05) is 10.8 Å². The molecule has 0 spiro atoms. The Balaban J connectivity index is 2.10. The summed E-state index contributed by atoms with van der Waals surface area (Å²) in [6.07, 6.45) is 0. The SMILES string of the molecule is CC1NC(=O)CN(Cc2nc(C(C)(C)C)cs2)C1=O. The second-order valence-electron chi connectivity index (χ2n) is 5.86. The van der Waals surface area contributed by atoms with E-state index in [1.54, 1.807) is 11.8 Å². The summed E-state index contributed by atoms with van der Waals surface area (Å²) in [6.45, 7) is 8.55. The van der Waals surface area contributed by atoms with E-state index in [0.29, 0.717) is 6.54 Å². The van der Waals surface area contributed by atoms with Crippen molar-refractivity contribution in [2.24, 2.45) is 0 Å². The maximum Gasteiger partial charge on any atom is 0.245 e. The van der Waals surface area contributed by atoms with E-state index < -0.39 is 6.04 Å². The largest absolute Gasteiger partial charge is 0.343 e. The number of carbonyl (C=O) groups excluding carboxylic acids is 2. The van der Waals surface area contributed by atoms with Gasteiger partial charge in [-0.05, 0) is 6.92 Å². The lowest BCUT2D eigenvalue weighted by Crippen LogP contribution is -2.56. The molecule has 0 radical (unpaired) electrons. The minimum atomic E-state index is -0.441. The quantitative estimate of drug-likeness (QED) is 0.888. The smallest absolute Gasteiger partial charge is 0.245 e. The molecule has 0 bridgehead atoms. The van der Waals surface area contributed by atoms with E-state index in [4.69, 9.17) is 0 Å². The Morgan fingerprint density at radius 2 is 2.16 bits per heavy atom. The predicted octanol–water partition coefficient (Wildman–Crippen LogP) is 1.29. The molecule has 0 aliphatic carbocycles. The highest BCUT2D eigenvalue weighted by molar-refractivity contribution is 7.09. The number of nitrogens with zero attached hydrogens (tertiary/aromatic N) is 2. The third-order valence-electron chi connectivity index (χ3n) is 3.04. The van der Waals surface area contributed by atoms with Crippen molar-refractivity contribution in [1.82, 2.24) is 15.2 Å². The number of amides is 2. The van der Waals surface area contributed by atoms with Crippen molar-refractivity contribution >= 4 is 23.2 Å². The van der Waals surface area contributed by atoms with E-state index >= 15 is 0 Å².